The maximum atomic E-state index is 13.3. The first-order valence-corrected chi connectivity index (χ1v) is 11.5. The quantitative estimate of drug-likeness (QED) is 0.662. The molecular formula is C25H28F3N3O3. The van der Waals surface area contributed by atoms with Crippen LogP contribution in [0.25, 0.3) is 0 Å². The Labute approximate surface area is 196 Å². The van der Waals surface area contributed by atoms with Crippen LogP contribution in [0.3, 0.4) is 0 Å². The first kappa shape index (κ1) is 24.2. The van der Waals surface area contributed by atoms with E-state index in [1.807, 2.05) is 35.2 Å². The molecular weight excluding hydrogens is 447 g/mol. The summed E-state index contributed by atoms with van der Waals surface area (Å²) in [5.74, 6) is -0.279. The number of amides is 2. The number of halogens is 3. The van der Waals surface area contributed by atoms with E-state index in [4.69, 9.17) is 4.74 Å². The molecule has 0 bridgehead atoms. The molecule has 2 saturated heterocycles. The fourth-order valence-corrected chi connectivity index (χ4v) is 4.49. The average molecular weight is 476 g/mol. The maximum Gasteiger partial charge on any atom is 0.416 e. The van der Waals surface area contributed by atoms with Gasteiger partial charge in [0.1, 0.15) is 0 Å². The second kappa shape index (κ2) is 10.6. The molecule has 2 fully saturated rings. The maximum absolute atomic E-state index is 13.3. The van der Waals surface area contributed by atoms with Crippen LogP contribution in [-0.4, -0.2) is 73.6 Å². The van der Waals surface area contributed by atoms with Gasteiger partial charge in [-0.05, 0) is 49.2 Å². The molecule has 0 N–H and O–H groups in total. The number of benzene rings is 2. The molecule has 0 radical (unpaired) electrons. The van der Waals surface area contributed by atoms with Gasteiger partial charge in [0.15, 0.2) is 0 Å². The van der Waals surface area contributed by atoms with Gasteiger partial charge in [-0.3, -0.25) is 14.5 Å². The molecule has 182 valence electrons. The molecule has 9 heteroatoms. The summed E-state index contributed by atoms with van der Waals surface area (Å²) in [5.41, 5.74) is 0.281. The molecule has 34 heavy (non-hydrogen) atoms. The molecule has 6 nitrogen and oxygen atoms in total. The topological polar surface area (TPSA) is 53.1 Å². The van der Waals surface area contributed by atoms with Gasteiger partial charge in [0.2, 0.25) is 5.91 Å². The van der Waals surface area contributed by atoms with Crippen molar-refractivity contribution >= 4 is 17.5 Å². The molecule has 2 amide bonds. The lowest BCUT2D eigenvalue weighted by Gasteiger charge is -2.39. The minimum absolute atomic E-state index is 0.0145. The summed E-state index contributed by atoms with van der Waals surface area (Å²) >= 11 is 0. The van der Waals surface area contributed by atoms with Crippen molar-refractivity contribution in [2.75, 3.05) is 50.8 Å². The van der Waals surface area contributed by atoms with E-state index in [2.05, 4.69) is 4.90 Å². The second-order valence-electron chi connectivity index (χ2n) is 8.59. The second-order valence-corrected chi connectivity index (χ2v) is 8.59. The Morgan fingerprint density at radius 3 is 2.12 bits per heavy atom. The van der Waals surface area contributed by atoms with Crippen molar-refractivity contribution in [2.45, 2.75) is 25.1 Å². The number of hydrogen-bond acceptors (Lipinski definition) is 4. The monoisotopic (exact) mass is 475 g/mol. The lowest BCUT2D eigenvalue weighted by atomic mass is 10.0. The molecule has 0 aliphatic carbocycles. The third-order valence-corrected chi connectivity index (χ3v) is 6.34. The van der Waals surface area contributed by atoms with Crippen LogP contribution in [-0.2, 0) is 15.7 Å². The van der Waals surface area contributed by atoms with E-state index in [0.717, 1.165) is 17.8 Å². The highest BCUT2D eigenvalue weighted by Crippen LogP contribution is 2.30. The zero-order valence-electron chi connectivity index (χ0n) is 18.8. The summed E-state index contributed by atoms with van der Waals surface area (Å²) < 4.78 is 43.8. The summed E-state index contributed by atoms with van der Waals surface area (Å²) in [4.78, 5) is 31.8. The molecule has 2 aromatic rings. The highest BCUT2D eigenvalue weighted by atomic mass is 19.4. The summed E-state index contributed by atoms with van der Waals surface area (Å²) in [7, 11) is 0. The third-order valence-electron chi connectivity index (χ3n) is 6.34. The van der Waals surface area contributed by atoms with E-state index in [1.165, 1.54) is 12.1 Å². The van der Waals surface area contributed by atoms with Gasteiger partial charge in [0, 0.05) is 43.5 Å². The van der Waals surface area contributed by atoms with Gasteiger partial charge < -0.3 is 14.5 Å². The number of alkyl halides is 3. The fraction of sp³-hybridized carbons (Fsp3) is 0.440. The predicted octanol–water partition coefficient (Wildman–Crippen LogP) is 3.68. The van der Waals surface area contributed by atoms with E-state index in [0.29, 0.717) is 58.8 Å². The van der Waals surface area contributed by atoms with Gasteiger partial charge in [-0.15, -0.1) is 0 Å². The lowest BCUT2D eigenvalue weighted by Crippen LogP contribution is -2.52. The molecule has 2 aromatic carbocycles. The number of carbonyl (C=O) groups is 2. The van der Waals surface area contributed by atoms with Crippen molar-refractivity contribution in [1.82, 2.24) is 9.80 Å². The normalized spacial score (nSPS) is 18.0. The molecule has 0 saturated carbocycles. The van der Waals surface area contributed by atoms with E-state index < -0.39 is 11.7 Å². The van der Waals surface area contributed by atoms with Gasteiger partial charge >= 0.3 is 6.18 Å². The number of ether oxygens (including phenoxy) is 1. The van der Waals surface area contributed by atoms with Gasteiger partial charge in [-0.25, -0.2) is 0 Å². The largest absolute Gasteiger partial charge is 0.416 e. The molecule has 2 aliphatic heterocycles. The summed E-state index contributed by atoms with van der Waals surface area (Å²) in [6.45, 7) is 3.83. The van der Waals surface area contributed by atoms with Crippen LogP contribution in [0, 0.1) is 0 Å². The van der Waals surface area contributed by atoms with E-state index in [1.54, 1.807) is 4.90 Å². The van der Waals surface area contributed by atoms with Crippen LogP contribution >= 0.6 is 0 Å². The number of morpholine rings is 1. The Balaban J connectivity index is 1.42. The van der Waals surface area contributed by atoms with Crippen LogP contribution in [0.4, 0.5) is 18.9 Å². The van der Waals surface area contributed by atoms with Crippen LogP contribution in [0.2, 0.25) is 0 Å². The number of carbonyl (C=O) groups excluding carboxylic acids is 2. The van der Waals surface area contributed by atoms with E-state index in [9.17, 15) is 22.8 Å². The summed E-state index contributed by atoms with van der Waals surface area (Å²) in [6.07, 6.45) is -3.25. The highest BCUT2D eigenvalue weighted by molar-refractivity contribution is 5.96. The van der Waals surface area contributed by atoms with Crippen LogP contribution in [0.5, 0.6) is 0 Å². The highest BCUT2D eigenvalue weighted by Gasteiger charge is 2.33. The number of nitrogens with zero attached hydrogens (tertiary/aromatic N) is 3. The first-order valence-electron chi connectivity index (χ1n) is 11.5. The van der Waals surface area contributed by atoms with Crippen molar-refractivity contribution in [3.63, 3.8) is 0 Å². The Kier molecular flexibility index (Phi) is 7.53. The van der Waals surface area contributed by atoms with Crippen molar-refractivity contribution in [2.24, 2.45) is 0 Å². The smallest absolute Gasteiger partial charge is 0.379 e. The SMILES string of the molecule is O=C(c1ccc(C(F)(F)F)cc1)N1CCC(N(C(=O)CN2CCOCC2)c2ccccc2)CC1. The zero-order chi connectivity index (χ0) is 24.1. The Morgan fingerprint density at radius 1 is 0.912 bits per heavy atom. The van der Waals surface area contributed by atoms with Gasteiger partial charge in [0.25, 0.3) is 5.91 Å². The number of likely N-dealkylation sites (tertiary alicyclic amines) is 1. The van der Waals surface area contributed by atoms with Crippen molar-refractivity contribution in [3.05, 3.63) is 65.7 Å². The van der Waals surface area contributed by atoms with Gasteiger partial charge in [-0.2, -0.15) is 13.2 Å². The fourth-order valence-electron chi connectivity index (χ4n) is 4.49. The number of para-hydroxylation sites is 1. The number of anilines is 1. The summed E-state index contributed by atoms with van der Waals surface area (Å²) in [6, 6.07) is 13.8. The molecule has 0 atom stereocenters. The Morgan fingerprint density at radius 2 is 1.53 bits per heavy atom. The molecule has 0 aromatic heterocycles. The summed E-state index contributed by atoms with van der Waals surface area (Å²) in [5, 5.41) is 0. The van der Waals surface area contributed by atoms with Crippen molar-refractivity contribution < 1.29 is 27.5 Å². The Bertz CT molecular complexity index is 968. The number of hydrogen-bond donors (Lipinski definition) is 0. The zero-order valence-corrected chi connectivity index (χ0v) is 18.8. The molecule has 2 heterocycles. The van der Waals surface area contributed by atoms with Crippen molar-refractivity contribution in [3.8, 4) is 0 Å². The first-order chi connectivity index (χ1) is 16.3. The third kappa shape index (κ3) is 5.77. The average Bonchev–Trinajstić information content (AvgIpc) is 2.85. The predicted molar refractivity (Wildman–Crippen MR) is 122 cm³/mol. The lowest BCUT2D eigenvalue weighted by molar-refractivity contribution is -0.137. The molecule has 4 rings (SSSR count). The van der Waals surface area contributed by atoms with Gasteiger partial charge in [0.05, 0.1) is 25.3 Å². The van der Waals surface area contributed by atoms with Crippen molar-refractivity contribution in [1.29, 1.82) is 0 Å². The number of rotatable bonds is 5. The Hall–Kier alpha value is -2.91. The van der Waals surface area contributed by atoms with Crippen LogP contribution < -0.4 is 4.90 Å². The molecule has 0 unspecified atom stereocenters. The van der Waals surface area contributed by atoms with Crippen LogP contribution in [0.1, 0.15) is 28.8 Å². The van der Waals surface area contributed by atoms with E-state index in [-0.39, 0.29) is 23.4 Å². The van der Waals surface area contributed by atoms with Gasteiger partial charge in [-0.1, -0.05) is 18.2 Å². The van der Waals surface area contributed by atoms with E-state index >= 15 is 0 Å². The molecule has 0 spiro atoms. The number of piperidine rings is 1. The standard InChI is InChI=1S/C25H28F3N3O3/c26-25(27,28)20-8-6-19(7-9-20)24(33)30-12-10-22(11-13-30)31(21-4-2-1-3-5-21)23(32)18-29-14-16-34-17-15-29/h1-9,22H,10-18H2. The minimum Gasteiger partial charge on any atom is -0.379 e. The minimum atomic E-state index is -4.44. The van der Waals surface area contributed by atoms with Crippen LogP contribution in [0.15, 0.2) is 54.6 Å². The molecule has 2 aliphatic rings.